The molecule has 1 aliphatic heterocycles. The molecule has 1 unspecified atom stereocenters. The molecule has 0 aliphatic carbocycles. The van der Waals surface area contributed by atoms with Gasteiger partial charge in [-0.2, -0.15) is 0 Å². The third-order valence-corrected chi connectivity index (χ3v) is 3.00. The highest BCUT2D eigenvalue weighted by atomic mass is 16.5. The largest absolute Gasteiger partial charge is 0.388 e. The standard InChI is InChI=1S/C11H19N3O3/c1-16-6-4-14-10(12-13-11(14)8-15)7-9-3-2-5-17-9/h9,15H,2-8H2,1H3. The molecule has 96 valence electrons. The van der Waals surface area contributed by atoms with Crippen LogP contribution < -0.4 is 0 Å². The van der Waals surface area contributed by atoms with Crippen molar-refractivity contribution in [2.75, 3.05) is 20.3 Å². The predicted molar refractivity (Wildman–Crippen MR) is 60.5 cm³/mol. The number of methoxy groups -OCH3 is 1. The average molecular weight is 241 g/mol. The van der Waals surface area contributed by atoms with Crippen molar-refractivity contribution in [3.8, 4) is 0 Å². The molecule has 1 aromatic heterocycles. The molecule has 1 aromatic rings. The van der Waals surface area contributed by atoms with Gasteiger partial charge in [0.25, 0.3) is 0 Å². The first-order valence-electron chi connectivity index (χ1n) is 5.97. The molecule has 6 nitrogen and oxygen atoms in total. The van der Waals surface area contributed by atoms with Crippen LogP contribution in [0.25, 0.3) is 0 Å². The molecule has 1 aliphatic rings. The van der Waals surface area contributed by atoms with E-state index in [1.54, 1.807) is 7.11 Å². The van der Waals surface area contributed by atoms with Crippen molar-refractivity contribution in [3.05, 3.63) is 11.6 Å². The van der Waals surface area contributed by atoms with E-state index >= 15 is 0 Å². The van der Waals surface area contributed by atoms with Crippen molar-refractivity contribution in [3.63, 3.8) is 0 Å². The fourth-order valence-electron chi connectivity index (χ4n) is 2.09. The lowest BCUT2D eigenvalue weighted by Crippen LogP contribution is -2.17. The molecule has 2 heterocycles. The van der Waals surface area contributed by atoms with E-state index in [2.05, 4.69) is 10.2 Å². The Balaban J connectivity index is 2.05. The van der Waals surface area contributed by atoms with Gasteiger partial charge in [-0.1, -0.05) is 0 Å². The predicted octanol–water partition coefficient (Wildman–Crippen LogP) is 0.138. The van der Waals surface area contributed by atoms with Gasteiger partial charge in [-0.15, -0.1) is 10.2 Å². The fraction of sp³-hybridized carbons (Fsp3) is 0.818. The van der Waals surface area contributed by atoms with E-state index < -0.39 is 0 Å². The average Bonchev–Trinajstić information content (AvgIpc) is 2.97. The van der Waals surface area contributed by atoms with Crippen LogP contribution in [0.2, 0.25) is 0 Å². The third kappa shape index (κ3) is 3.02. The van der Waals surface area contributed by atoms with Crippen LogP contribution >= 0.6 is 0 Å². The van der Waals surface area contributed by atoms with Gasteiger partial charge >= 0.3 is 0 Å². The summed E-state index contributed by atoms with van der Waals surface area (Å²) in [5.41, 5.74) is 0. The summed E-state index contributed by atoms with van der Waals surface area (Å²) in [6, 6.07) is 0. The Labute approximate surface area is 101 Å². The van der Waals surface area contributed by atoms with Crippen LogP contribution in [0, 0.1) is 0 Å². The number of rotatable bonds is 6. The van der Waals surface area contributed by atoms with Gasteiger partial charge in [0.2, 0.25) is 0 Å². The first-order chi connectivity index (χ1) is 8.35. The number of aliphatic hydroxyl groups is 1. The first kappa shape index (κ1) is 12.5. The number of aliphatic hydroxyl groups excluding tert-OH is 1. The monoisotopic (exact) mass is 241 g/mol. The Kier molecular flexibility index (Phi) is 4.47. The molecule has 6 heteroatoms. The van der Waals surface area contributed by atoms with Crippen LogP contribution in [0.5, 0.6) is 0 Å². The molecule has 1 saturated heterocycles. The molecule has 0 bridgehead atoms. The molecule has 0 radical (unpaired) electrons. The Morgan fingerprint density at radius 2 is 2.29 bits per heavy atom. The molecular weight excluding hydrogens is 222 g/mol. The number of ether oxygens (including phenoxy) is 2. The molecule has 0 amide bonds. The van der Waals surface area contributed by atoms with E-state index in [0.29, 0.717) is 19.0 Å². The molecule has 2 rings (SSSR count). The second-order valence-corrected chi connectivity index (χ2v) is 4.17. The summed E-state index contributed by atoms with van der Waals surface area (Å²) in [6.45, 7) is 2.00. The number of nitrogens with zero attached hydrogens (tertiary/aromatic N) is 3. The highest BCUT2D eigenvalue weighted by Crippen LogP contribution is 2.16. The van der Waals surface area contributed by atoms with Crippen molar-refractivity contribution < 1.29 is 14.6 Å². The first-order valence-corrected chi connectivity index (χ1v) is 5.97. The van der Waals surface area contributed by atoms with Crippen molar-refractivity contribution >= 4 is 0 Å². The maximum atomic E-state index is 9.20. The van der Waals surface area contributed by atoms with Gasteiger partial charge in [0, 0.05) is 26.7 Å². The van der Waals surface area contributed by atoms with Crippen LogP contribution in [0.15, 0.2) is 0 Å². The minimum absolute atomic E-state index is 0.0950. The van der Waals surface area contributed by atoms with Crippen LogP contribution in [0.4, 0.5) is 0 Å². The van der Waals surface area contributed by atoms with E-state index in [-0.39, 0.29) is 12.7 Å². The van der Waals surface area contributed by atoms with Crippen molar-refractivity contribution in [1.29, 1.82) is 0 Å². The summed E-state index contributed by atoms with van der Waals surface area (Å²) < 4.78 is 12.6. The van der Waals surface area contributed by atoms with Crippen LogP contribution in [-0.2, 0) is 29.0 Å². The van der Waals surface area contributed by atoms with Gasteiger partial charge in [-0.3, -0.25) is 0 Å². The molecule has 0 saturated carbocycles. The van der Waals surface area contributed by atoms with Gasteiger partial charge in [-0.25, -0.2) is 0 Å². The second-order valence-electron chi connectivity index (χ2n) is 4.17. The minimum atomic E-state index is -0.0950. The van der Waals surface area contributed by atoms with Gasteiger partial charge < -0.3 is 19.1 Å². The lowest BCUT2D eigenvalue weighted by Gasteiger charge is -2.11. The highest BCUT2D eigenvalue weighted by molar-refractivity contribution is 4.97. The van der Waals surface area contributed by atoms with Crippen LogP contribution in [0.3, 0.4) is 0 Å². The topological polar surface area (TPSA) is 69.4 Å². The molecule has 0 spiro atoms. The maximum absolute atomic E-state index is 9.20. The zero-order valence-electron chi connectivity index (χ0n) is 10.1. The molecule has 1 atom stereocenters. The van der Waals surface area contributed by atoms with Crippen molar-refractivity contribution in [2.24, 2.45) is 0 Å². The maximum Gasteiger partial charge on any atom is 0.158 e. The Morgan fingerprint density at radius 3 is 2.94 bits per heavy atom. The zero-order chi connectivity index (χ0) is 12.1. The minimum Gasteiger partial charge on any atom is -0.388 e. The molecule has 1 N–H and O–H groups in total. The molecular formula is C11H19N3O3. The number of hydrogen-bond donors (Lipinski definition) is 1. The summed E-state index contributed by atoms with van der Waals surface area (Å²) >= 11 is 0. The van der Waals surface area contributed by atoms with Gasteiger partial charge in [0.1, 0.15) is 12.4 Å². The summed E-state index contributed by atoms with van der Waals surface area (Å²) in [5, 5.41) is 17.3. The quantitative estimate of drug-likeness (QED) is 0.767. The molecule has 1 fully saturated rings. The summed E-state index contributed by atoms with van der Waals surface area (Å²) in [4.78, 5) is 0. The van der Waals surface area contributed by atoms with Gasteiger partial charge in [0.05, 0.1) is 12.7 Å². The van der Waals surface area contributed by atoms with Crippen molar-refractivity contribution in [2.45, 2.75) is 38.5 Å². The smallest absolute Gasteiger partial charge is 0.158 e. The molecule has 17 heavy (non-hydrogen) atoms. The highest BCUT2D eigenvalue weighted by Gasteiger charge is 2.20. The zero-order valence-corrected chi connectivity index (χ0v) is 10.1. The van der Waals surface area contributed by atoms with E-state index in [0.717, 1.165) is 31.7 Å². The van der Waals surface area contributed by atoms with E-state index in [1.807, 2.05) is 4.57 Å². The van der Waals surface area contributed by atoms with E-state index in [9.17, 15) is 5.11 Å². The lowest BCUT2D eigenvalue weighted by atomic mass is 10.2. The normalized spacial score (nSPS) is 20.0. The SMILES string of the molecule is COCCn1c(CO)nnc1CC1CCCO1. The van der Waals surface area contributed by atoms with Crippen molar-refractivity contribution in [1.82, 2.24) is 14.8 Å². The summed E-state index contributed by atoms with van der Waals surface area (Å²) in [7, 11) is 1.66. The Hall–Kier alpha value is -0.980. The second kappa shape index (κ2) is 6.09. The van der Waals surface area contributed by atoms with Gasteiger partial charge in [-0.05, 0) is 12.8 Å². The van der Waals surface area contributed by atoms with E-state index in [4.69, 9.17) is 9.47 Å². The molecule has 0 aromatic carbocycles. The van der Waals surface area contributed by atoms with Crippen LogP contribution in [-0.4, -0.2) is 46.3 Å². The van der Waals surface area contributed by atoms with E-state index in [1.165, 1.54) is 0 Å². The summed E-state index contributed by atoms with van der Waals surface area (Å²) in [5.74, 6) is 1.47. The Morgan fingerprint density at radius 1 is 1.47 bits per heavy atom. The summed E-state index contributed by atoms with van der Waals surface area (Å²) in [6.07, 6.45) is 3.19. The van der Waals surface area contributed by atoms with Gasteiger partial charge in [0.15, 0.2) is 5.82 Å². The number of hydrogen-bond acceptors (Lipinski definition) is 5. The third-order valence-electron chi connectivity index (χ3n) is 3.00. The van der Waals surface area contributed by atoms with Crippen LogP contribution in [0.1, 0.15) is 24.5 Å². The lowest BCUT2D eigenvalue weighted by molar-refractivity contribution is 0.108. The fourth-order valence-corrected chi connectivity index (χ4v) is 2.09. The Bertz CT molecular complexity index is 348. The number of aromatic nitrogens is 3.